The van der Waals surface area contributed by atoms with Crippen LogP contribution in [0.15, 0.2) is 41.3 Å². The first-order valence-electron chi connectivity index (χ1n) is 10.6. The van der Waals surface area contributed by atoms with Gasteiger partial charge in [-0.15, -0.1) is 12.4 Å². The van der Waals surface area contributed by atoms with E-state index in [0.29, 0.717) is 36.8 Å². The molecule has 33 heavy (non-hydrogen) atoms. The van der Waals surface area contributed by atoms with E-state index in [1.54, 1.807) is 42.2 Å². The van der Waals surface area contributed by atoms with E-state index < -0.39 is 15.6 Å². The molecule has 1 amide bonds. The Balaban J connectivity index is 0.00000306. The Bertz CT molecular complexity index is 1170. The van der Waals surface area contributed by atoms with Crippen LogP contribution in [0.4, 0.5) is 0 Å². The lowest BCUT2D eigenvalue weighted by Gasteiger charge is -2.43. The lowest BCUT2D eigenvalue weighted by molar-refractivity contribution is -0.139. The lowest BCUT2D eigenvalue weighted by atomic mass is 9.90. The van der Waals surface area contributed by atoms with Crippen molar-refractivity contribution in [1.82, 2.24) is 14.1 Å². The molecule has 2 N–H and O–H groups in total. The van der Waals surface area contributed by atoms with Gasteiger partial charge < -0.3 is 14.9 Å². The molecule has 0 spiro atoms. The number of benzene rings is 2. The number of amidine groups is 1. The number of likely N-dealkylation sites (tertiary alicyclic amines) is 1. The number of aliphatic hydroxyl groups is 1. The number of fused-ring (bicyclic) bond motifs is 1. The highest BCUT2D eigenvalue weighted by molar-refractivity contribution is 7.89. The summed E-state index contributed by atoms with van der Waals surface area (Å²) in [7, 11) is -3.83. The van der Waals surface area contributed by atoms with E-state index in [9.17, 15) is 18.3 Å². The van der Waals surface area contributed by atoms with Gasteiger partial charge in [0.25, 0.3) is 0 Å². The highest BCUT2D eigenvalue weighted by atomic mass is 35.5. The van der Waals surface area contributed by atoms with E-state index in [0.717, 1.165) is 10.8 Å². The number of carbonyl (C=O) groups excluding carboxylic acids is 1. The molecule has 2 aliphatic rings. The first-order valence-corrected chi connectivity index (χ1v) is 12.4. The molecule has 0 aliphatic carbocycles. The van der Waals surface area contributed by atoms with E-state index >= 15 is 0 Å². The standard InChI is InChI=1S/C22H27ClN4O4S.ClH/c1-16(24)25-8-6-22(29,7-9-25)15-26-10-11-27(14-21(26)28)32(30,31)20-5-3-17-12-19(23)4-2-18(17)13-20;/h2-5,12-13,24,29H,6-11,14-15H2,1H3;1H. The summed E-state index contributed by atoms with van der Waals surface area (Å²) in [6.07, 6.45) is 0.937. The summed E-state index contributed by atoms with van der Waals surface area (Å²) in [5, 5.41) is 20.8. The van der Waals surface area contributed by atoms with Crippen LogP contribution in [0.5, 0.6) is 0 Å². The van der Waals surface area contributed by atoms with Crippen LogP contribution in [0.3, 0.4) is 0 Å². The molecular weight excluding hydrogens is 487 g/mol. The lowest BCUT2D eigenvalue weighted by Crippen LogP contribution is -2.58. The highest BCUT2D eigenvalue weighted by Crippen LogP contribution is 2.27. The van der Waals surface area contributed by atoms with Crippen molar-refractivity contribution in [2.24, 2.45) is 0 Å². The van der Waals surface area contributed by atoms with Gasteiger partial charge in [-0.05, 0) is 54.8 Å². The first kappa shape index (κ1) is 25.7. The summed E-state index contributed by atoms with van der Waals surface area (Å²) in [4.78, 5) is 16.4. The number of rotatable bonds is 4. The molecule has 2 aliphatic heterocycles. The summed E-state index contributed by atoms with van der Waals surface area (Å²) in [6, 6.07) is 10.1. The number of nitrogens with zero attached hydrogens (tertiary/aromatic N) is 3. The number of piperazine rings is 1. The van der Waals surface area contributed by atoms with E-state index in [-0.39, 0.29) is 49.4 Å². The quantitative estimate of drug-likeness (QED) is 0.481. The zero-order valence-electron chi connectivity index (χ0n) is 18.3. The molecule has 2 aromatic carbocycles. The minimum atomic E-state index is -3.83. The summed E-state index contributed by atoms with van der Waals surface area (Å²) < 4.78 is 27.5. The van der Waals surface area contributed by atoms with Crippen molar-refractivity contribution in [3.8, 4) is 0 Å². The van der Waals surface area contributed by atoms with Crippen LogP contribution in [-0.4, -0.2) is 84.2 Å². The predicted molar refractivity (Wildman–Crippen MR) is 131 cm³/mol. The molecule has 0 bridgehead atoms. The van der Waals surface area contributed by atoms with E-state index in [1.807, 2.05) is 4.90 Å². The number of amides is 1. The largest absolute Gasteiger partial charge is 0.388 e. The maximum Gasteiger partial charge on any atom is 0.243 e. The first-order chi connectivity index (χ1) is 15.1. The van der Waals surface area contributed by atoms with Crippen molar-refractivity contribution < 1.29 is 18.3 Å². The molecule has 0 unspecified atom stereocenters. The Morgan fingerprint density at radius 3 is 2.36 bits per heavy atom. The van der Waals surface area contributed by atoms with Gasteiger partial charge in [0.05, 0.1) is 22.9 Å². The average Bonchev–Trinajstić information content (AvgIpc) is 2.74. The van der Waals surface area contributed by atoms with Crippen molar-refractivity contribution in [2.75, 3.05) is 39.3 Å². The number of carbonyl (C=O) groups is 1. The van der Waals surface area contributed by atoms with E-state index in [2.05, 4.69) is 0 Å². The molecule has 0 radical (unpaired) electrons. The van der Waals surface area contributed by atoms with Crippen LogP contribution in [0.25, 0.3) is 10.8 Å². The molecule has 180 valence electrons. The fraction of sp³-hybridized carbons (Fsp3) is 0.455. The summed E-state index contributed by atoms with van der Waals surface area (Å²) >= 11 is 6.00. The van der Waals surface area contributed by atoms with Gasteiger partial charge in [0.15, 0.2) is 0 Å². The van der Waals surface area contributed by atoms with Gasteiger partial charge in [0.2, 0.25) is 15.9 Å². The maximum absolute atomic E-state index is 13.2. The van der Waals surface area contributed by atoms with Crippen molar-refractivity contribution in [3.05, 3.63) is 41.4 Å². The second-order valence-corrected chi connectivity index (χ2v) is 11.0. The van der Waals surface area contributed by atoms with E-state index in [1.165, 1.54) is 10.4 Å². The van der Waals surface area contributed by atoms with Gasteiger partial charge in [-0.25, -0.2) is 8.42 Å². The van der Waals surface area contributed by atoms with Gasteiger partial charge in [-0.2, -0.15) is 4.31 Å². The molecule has 0 aromatic heterocycles. The molecule has 0 saturated carbocycles. The second kappa shape index (κ2) is 9.76. The van der Waals surface area contributed by atoms with E-state index in [4.69, 9.17) is 17.0 Å². The average molecular weight is 515 g/mol. The molecule has 2 fully saturated rings. The number of hydrogen-bond acceptors (Lipinski definition) is 5. The molecule has 0 atom stereocenters. The van der Waals surface area contributed by atoms with Crippen LogP contribution >= 0.6 is 24.0 Å². The number of sulfonamides is 1. The summed E-state index contributed by atoms with van der Waals surface area (Å²) in [5.41, 5.74) is -1.01. The topological polar surface area (TPSA) is 105 Å². The zero-order valence-corrected chi connectivity index (χ0v) is 20.7. The Morgan fingerprint density at radius 1 is 1.09 bits per heavy atom. The van der Waals surface area contributed by atoms with Crippen molar-refractivity contribution >= 4 is 56.5 Å². The van der Waals surface area contributed by atoms with Crippen LogP contribution < -0.4 is 0 Å². The van der Waals surface area contributed by atoms with Crippen LogP contribution in [0.2, 0.25) is 5.02 Å². The zero-order chi connectivity index (χ0) is 23.1. The minimum absolute atomic E-state index is 0. The Morgan fingerprint density at radius 2 is 1.73 bits per heavy atom. The highest BCUT2D eigenvalue weighted by Gasteiger charge is 2.39. The summed E-state index contributed by atoms with van der Waals surface area (Å²) in [6.45, 7) is 3.21. The van der Waals surface area contributed by atoms with Gasteiger partial charge in [0.1, 0.15) is 0 Å². The Labute approximate surface area is 205 Å². The molecule has 11 heteroatoms. The van der Waals surface area contributed by atoms with Gasteiger partial charge in [0, 0.05) is 37.7 Å². The number of hydrogen-bond donors (Lipinski definition) is 2. The molecule has 4 rings (SSSR count). The third-order valence-electron chi connectivity index (χ3n) is 6.35. The number of halogens is 2. The molecule has 2 heterocycles. The van der Waals surface area contributed by atoms with Crippen molar-refractivity contribution in [1.29, 1.82) is 5.41 Å². The monoisotopic (exact) mass is 514 g/mol. The van der Waals surface area contributed by atoms with Gasteiger partial charge in [-0.1, -0.05) is 23.7 Å². The Hall–Kier alpha value is -1.91. The minimum Gasteiger partial charge on any atom is -0.388 e. The second-order valence-electron chi connectivity index (χ2n) is 8.60. The van der Waals surface area contributed by atoms with Crippen molar-refractivity contribution in [3.63, 3.8) is 0 Å². The fourth-order valence-corrected chi connectivity index (χ4v) is 5.93. The third kappa shape index (κ3) is 5.44. The molecule has 2 saturated heterocycles. The van der Waals surface area contributed by atoms with Gasteiger partial charge >= 0.3 is 0 Å². The molecule has 8 nitrogen and oxygen atoms in total. The molecular formula is C22H28Cl2N4O4S. The van der Waals surface area contributed by atoms with Crippen LogP contribution in [0.1, 0.15) is 19.8 Å². The summed E-state index contributed by atoms with van der Waals surface area (Å²) in [5.74, 6) is 0.158. The third-order valence-corrected chi connectivity index (χ3v) is 8.43. The fourth-order valence-electron chi connectivity index (χ4n) is 4.34. The van der Waals surface area contributed by atoms with Gasteiger partial charge in [-0.3, -0.25) is 10.2 Å². The predicted octanol–water partition coefficient (Wildman–Crippen LogP) is 2.57. The maximum atomic E-state index is 13.2. The smallest absolute Gasteiger partial charge is 0.243 e. The van der Waals surface area contributed by atoms with Crippen LogP contribution in [0, 0.1) is 5.41 Å². The Kier molecular flexibility index (Phi) is 7.60. The van der Waals surface area contributed by atoms with Crippen LogP contribution in [-0.2, 0) is 14.8 Å². The number of β-amino-alcohol motifs (C(OH)–C–C–N with tert-alkyl or cyclic N) is 1. The number of nitrogens with one attached hydrogen (secondary N) is 1. The van der Waals surface area contributed by atoms with Crippen molar-refractivity contribution in [2.45, 2.75) is 30.3 Å². The normalized spacial score (nSPS) is 19.4. The molecule has 2 aromatic rings. The SMILES string of the molecule is CC(=N)N1CCC(O)(CN2CCN(S(=O)(=O)c3ccc4cc(Cl)ccc4c3)CC2=O)CC1.Cl. The number of piperidine rings is 1.